The predicted octanol–water partition coefficient (Wildman–Crippen LogP) is -1.00. The summed E-state index contributed by atoms with van der Waals surface area (Å²) in [6.07, 6.45) is 0. The lowest BCUT2D eigenvalue weighted by Crippen LogP contribution is -2.26. The van der Waals surface area contributed by atoms with Crippen molar-refractivity contribution in [3.05, 3.63) is 0 Å². The zero-order valence-corrected chi connectivity index (χ0v) is 6.26. The van der Waals surface area contributed by atoms with Crippen LogP contribution >= 0.6 is 0 Å². The number of nitrogens with two attached hydrogens (primary N) is 1. The Hall–Kier alpha value is -0.620. The number of primary amides is 1. The maximum Gasteiger partial charge on any atom is 0.265 e. The molecule has 0 spiro atoms. The number of carbonyl (C=O) groups excluding carboxylic acids is 1. The van der Waals surface area contributed by atoms with E-state index in [4.69, 9.17) is 10.3 Å². The lowest BCUT2D eigenvalue weighted by Gasteiger charge is -2.01. The first-order valence-electron chi connectivity index (χ1n) is 2.57. The third-order valence-corrected chi connectivity index (χ3v) is 1.87. The second-order valence-electron chi connectivity index (χ2n) is 2.05. The minimum absolute atomic E-state index is 0.609. The van der Waals surface area contributed by atoms with Gasteiger partial charge in [-0.1, -0.05) is 6.92 Å². The third-order valence-electron chi connectivity index (χ3n) is 0.946. The van der Waals surface area contributed by atoms with Gasteiger partial charge in [0.05, 0.1) is 11.7 Å². The molecule has 0 aromatic rings. The lowest BCUT2D eigenvalue weighted by molar-refractivity contribution is -0.120. The highest BCUT2D eigenvalue weighted by Gasteiger charge is 2.16. The minimum Gasteiger partial charge on any atom is -0.369 e. The standard InChI is InChI=1S/C4H9NO4S/c1-3(4(5)6)2-10(7,8)9/h3H,2H2,1H3,(H2,5,6)(H,7,8,9)/t3-/m0/s1. The Bertz CT molecular complexity index is 219. The smallest absolute Gasteiger partial charge is 0.265 e. The molecule has 0 fully saturated rings. The van der Waals surface area contributed by atoms with Gasteiger partial charge in [-0.05, 0) is 0 Å². The summed E-state index contributed by atoms with van der Waals surface area (Å²) in [6.45, 7) is 1.33. The maximum atomic E-state index is 10.2. The normalized spacial score (nSPS) is 14.6. The van der Waals surface area contributed by atoms with Gasteiger partial charge in [0.2, 0.25) is 5.91 Å². The maximum absolute atomic E-state index is 10.2. The van der Waals surface area contributed by atoms with Crippen molar-refractivity contribution < 1.29 is 17.8 Å². The van der Waals surface area contributed by atoms with Crippen LogP contribution in [0.2, 0.25) is 0 Å². The first-order valence-corrected chi connectivity index (χ1v) is 4.18. The molecule has 0 aliphatic heterocycles. The van der Waals surface area contributed by atoms with Crippen LogP contribution in [0.4, 0.5) is 0 Å². The summed E-state index contributed by atoms with van der Waals surface area (Å²) in [5.74, 6) is -2.19. The van der Waals surface area contributed by atoms with Crippen molar-refractivity contribution >= 4 is 16.0 Å². The molecule has 0 unspecified atom stereocenters. The van der Waals surface area contributed by atoms with Crippen molar-refractivity contribution in [2.45, 2.75) is 6.92 Å². The van der Waals surface area contributed by atoms with E-state index >= 15 is 0 Å². The summed E-state index contributed by atoms with van der Waals surface area (Å²) in [4.78, 5) is 10.2. The van der Waals surface area contributed by atoms with E-state index in [1.54, 1.807) is 0 Å². The fourth-order valence-electron chi connectivity index (χ4n) is 0.398. The molecule has 0 heterocycles. The molecule has 1 atom stereocenters. The molecule has 5 nitrogen and oxygen atoms in total. The topological polar surface area (TPSA) is 97.5 Å². The molecular weight excluding hydrogens is 158 g/mol. The van der Waals surface area contributed by atoms with Crippen LogP contribution in [0.25, 0.3) is 0 Å². The molecular formula is C4H9NO4S. The van der Waals surface area contributed by atoms with Crippen molar-refractivity contribution in [1.82, 2.24) is 0 Å². The van der Waals surface area contributed by atoms with Crippen LogP contribution in [0.5, 0.6) is 0 Å². The Morgan fingerprint density at radius 2 is 2.10 bits per heavy atom. The number of hydrogen-bond acceptors (Lipinski definition) is 3. The van der Waals surface area contributed by atoms with Crippen LogP contribution in [-0.4, -0.2) is 24.6 Å². The van der Waals surface area contributed by atoms with Crippen molar-refractivity contribution in [1.29, 1.82) is 0 Å². The van der Waals surface area contributed by atoms with E-state index in [9.17, 15) is 13.2 Å². The molecule has 0 aromatic heterocycles. The Morgan fingerprint density at radius 3 is 2.20 bits per heavy atom. The van der Waals surface area contributed by atoms with Crippen LogP contribution in [0, 0.1) is 5.92 Å². The molecule has 0 aliphatic rings. The molecule has 0 bridgehead atoms. The van der Waals surface area contributed by atoms with E-state index in [1.165, 1.54) is 6.92 Å². The molecule has 60 valence electrons. The van der Waals surface area contributed by atoms with Gasteiger partial charge in [0.15, 0.2) is 0 Å². The van der Waals surface area contributed by atoms with Gasteiger partial charge in [0, 0.05) is 0 Å². The molecule has 10 heavy (non-hydrogen) atoms. The summed E-state index contributed by atoms with van der Waals surface area (Å²) >= 11 is 0. The fourth-order valence-corrected chi connectivity index (χ4v) is 1.19. The third kappa shape index (κ3) is 4.28. The zero-order valence-electron chi connectivity index (χ0n) is 5.44. The van der Waals surface area contributed by atoms with Crippen molar-refractivity contribution in [2.24, 2.45) is 11.7 Å². The van der Waals surface area contributed by atoms with E-state index in [0.29, 0.717) is 0 Å². The van der Waals surface area contributed by atoms with Crippen LogP contribution in [0.1, 0.15) is 6.92 Å². The van der Waals surface area contributed by atoms with Crippen LogP contribution in [-0.2, 0) is 14.9 Å². The highest BCUT2D eigenvalue weighted by molar-refractivity contribution is 7.85. The van der Waals surface area contributed by atoms with E-state index in [1.807, 2.05) is 0 Å². The Morgan fingerprint density at radius 1 is 1.70 bits per heavy atom. The molecule has 0 aliphatic carbocycles. The summed E-state index contributed by atoms with van der Waals surface area (Å²) in [6, 6.07) is 0. The summed E-state index contributed by atoms with van der Waals surface area (Å²) < 4.78 is 28.4. The summed E-state index contributed by atoms with van der Waals surface area (Å²) in [7, 11) is -4.07. The van der Waals surface area contributed by atoms with Crippen molar-refractivity contribution in [3.8, 4) is 0 Å². The predicted molar refractivity (Wildman–Crippen MR) is 34.8 cm³/mol. The van der Waals surface area contributed by atoms with Crippen LogP contribution in [0.15, 0.2) is 0 Å². The number of carbonyl (C=O) groups is 1. The van der Waals surface area contributed by atoms with Gasteiger partial charge in [-0.25, -0.2) is 0 Å². The summed E-state index contributed by atoms with van der Waals surface area (Å²) in [5, 5.41) is 0. The molecule has 3 N–H and O–H groups in total. The van der Waals surface area contributed by atoms with Gasteiger partial charge in [-0.15, -0.1) is 0 Å². The highest BCUT2D eigenvalue weighted by Crippen LogP contribution is 1.96. The molecule has 0 saturated heterocycles. The van der Waals surface area contributed by atoms with E-state index < -0.39 is 27.7 Å². The monoisotopic (exact) mass is 167 g/mol. The molecule has 0 aromatic carbocycles. The molecule has 0 rings (SSSR count). The van der Waals surface area contributed by atoms with Crippen LogP contribution in [0.3, 0.4) is 0 Å². The molecule has 6 heteroatoms. The second kappa shape index (κ2) is 2.98. The van der Waals surface area contributed by atoms with Gasteiger partial charge in [-0.3, -0.25) is 9.35 Å². The van der Waals surface area contributed by atoms with E-state index in [0.717, 1.165) is 0 Å². The SMILES string of the molecule is C[C@@H](CS(=O)(=O)O)C(N)=O. The Kier molecular flexibility index (Phi) is 2.79. The number of hydrogen-bond donors (Lipinski definition) is 2. The van der Waals surface area contributed by atoms with E-state index in [-0.39, 0.29) is 0 Å². The summed E-state index contributed by atoms with van der Waals surface area (Å²) in [5.41, 5.74) is 4.73. The quantitative estimate of drug-likeness (QED) is 0.526. The number of amides is 1. The van der Waals surface area contributed by atoms with Gasteiger partial charge in [0.25, 0.3) is 10.1 Å². The average Bonchev–Trinajstić information content (AvgIpc) is 1.60. The Balaban J connectivity index is 4.06. The number of rotatable bonds is 3. The highest BCUT2D eigenvalue weighted by atomic mass is 32.2. The van der Waals surface area contributed by atoms with Crippen LogP contribution < -0.4 is 5.73 Å². The lowest BCUT2D eigenvalue weighted by atomic mass is 10.2. The van der Waals surface area contributed by atoms with Crippen molar-refractivity contribution in [2.75, 3.05) is 5.75 Å². The fraction of sp³-hybridized carbons (Fsp3) is 0.750. The van der Waals surface area contributed by atoms with Crippen molar-refractivity contribution in [3.63, 3.8) is 0 Å². The first kappa shape index (κ1) is 9.38. The van der Waals surface area contributed by atoms with Gasteiger partial charge in [0.1, 0.15) is 0 Å². The van der Waals surface area contributed by atoms with Gasteiger partial charge < -0.3 is 5.73 Å². The van der Waals surface area contributed by atoms with Gasteiger partial charge in [-0.2, -0.15) is 8.42 Å². The largest absolute Gasteiger partial charge is 0.369 e. The molecule has 0 radical (unpaired) electrons. The van der Waals surface area contributed by atoms with Gasteiger partial charge >= 0.3 is 0 Å². The minimum atomic E-state index is -4.07. The average molecular weight is 167 g/mol. The molecule has 0 saturated carbocycles. The first-order chi connectivity index (χ1) is 4.33. The van der Waals surface area contributed by atoms with E-state index in [2.05, 4.69) is 0 Å². The molecule has 1 amide bonds. The second-order valence-corrected chi connectivity index (χ2v) is 3.55. The zero-order chi connectivity index (χ0) is 8.36. The Labute approximate surface area is 59.0 Å².